The summed E-state index contributed by atoms with van der Waals surface area (Å²) in [4.78, 5) is 18.5. The fourth-order valence-corrected chi connectivity index (χ4v) is 3.44. The van der Waals surface area contributed by atoms with Crippen molar-refractivity contribution >= 4 is 17.7 Å². The molecular weight excluding hydrogens is 270 g/mol. The van der Waals surface area contributed by atoms with E-state index >= 15 is 0 Å². The smallest absolute Gasteiger partial charge is 0.232 e. The first-order valence-corrected chi connectivity index (χ1v) is 8.34. The molecule has 0 aliphatic carbocycles. The first-order chi connectivity index (χ1) is 9.79. The van der Waals surface area contributed by atoms with E-state index in [0.29, 0.717) is 17.5 Å². The molecule has 1 aromatic rings. The molecule has 4 nitrogen and oxygen atoms in total. The van der Waals surface area contributed by atoms with Gasteiger partial charge in [-0.1, -0.05) is 6.07 Å². The van der Waals surface area contributed by atoms with Gasteiger partial charge in [-0.2, -0.15) is 0 Å². The fourth-order valence-electron chi connectivity index (χ4n) is 2.31. The zero-order valence-electron chi connectivity index (χ0n) is 12.0. The average molecular weight is 293 g/mol. The Morgan fingerprint density at radius 2 is 2.25 bits per heavy atom. The van der Waals surface area contributed by atoms with Crippen LogP contribution in [0.1, 0.15) is 25.5 Å². The number of hydrogen-bond acceptors (Lipinski definition) is 4. The highest BCUT2D eigenvalue weighted by Gasteiger charge is 2.18. The molecule has 0 unspecified atom stereocenters. The van der Waals surface area contributed by atoms with E-state index < -0.39 is 0 Å². The number of carbonyl (C=O) groups is 1. The Kier molecular flexibility index (Phi) is 6.33. The number of rotatable bonds is 6. The van der Waals surface area contributed by atoms with Gasteiger partial charge in [0.15, 0.2) is 0 Å². The van der Waals surface area contributed by atoms with Crippen molar-refractivity contribution in [3.63, 3.8) is 0 Å². The molecule has 0 saturated carbocycles. The summed E-state index contributed by atoms with van der Waals surface area (Å²) in [7, 11) is 0. The van der Waals surface area contributed by atoms with E-state index in [1.165, 1.54) is 12.8 Å². The van der Waals surface area contributed by atoms with Crippen LogP contribution in [-0.2, 0) is 11.3 Å². The Morgan fingerprint density at radius 3 is 2.90 bits per heavy atom. The third-order valence-corrected chi connectivity index (χ3v) is 4.90. The summed E-state index contributed by atoms with van der Waals surface area (Å²) in [6.45, 7) is 5.54. The van der Waals surface area contributed by atoms with Crippen molar-refractivity contribution < 1.29 is 4.79 Å². The minimum Gasteiger partial charge on any atom is -0.336 e. The molecule has 0 radical (unpaired) electrons. The summed E-state index contributed by atoms with van der Waals surface area (Å²) in [5.74, 6) is 0.812. The average Bonchev–Trinajstić information content (AvgIpc) is 2.52. The van der Waals surface area contributed by atoms with E-state index in [-0.39, 0.29) is 5.91 Å². The van der Waals surface area contributed by atoms with Crippen molar-refractivity contribution in [2.24, 2.45) is 0 Å². The third-order valence-electron chi connectivity index (χ3n) is 3.54. The highest BCUT2D eigenvalue weighted by molar-refractivity contribution is 8.00. The van der Waals surface area contributed by atoms with Gasteiger partial charge in [0, 0.05) is 18.0 Å². The molecule has 5 heteroatoms. The van der Waals surface area contributed by atoms with Crippen molar-refractivity contribution in [3.05, 3.63) is 30.1 Å². The number of amides is 1. The number of aromatic nitrogens is 1. The van der Waals surface area contributed by atoms with Gasteiger partial charge in [0.25, 0.3) is 0 Å². The van der Waals surface area contributed by atoms with E-state index in [1.54, 1.807) is 6.20 Å². The quantitative estimate of drug-likeness (QED) is 0.870. The van der Waals surface area contributed by atoms with Crippen LogP contribution in [0.4, 0.5) is 0 Å². The van der Waals surface area contributed by atoms with E-state index in [4.69, 9.17) is 0 Å². The first-order valence-electron chi connectivity index (χ1n) is 7.29. The van der Waals surface area contributed by atoms with E-state index in [2.05, 4.69) is 10.3 Å². The second kappa shape index (κ2) is 8.27. The highest BCUT2D eigenvalue weighted by atomic mass is 32.2. The molecule has 110 valence electrons. The van der Waals surface area contributed by atoms with Gasteiger partial charge >= 0.3 is 0 Å². The summed E-state index contributed by atoms with van der Waals surface area (Å²) >= 11 is 1.81. The van der Waals surface area contributed by atoms with Gasteiger partial charge in [-0.15, -0.1) is 11.8 Å². The molecule has 1 fully saturated rings. The Hall–Kier alpha value is -1.07. The largest absolute Gasteiger partial charge is 0.336 e. The van der Waals surface area contributed by atoms with Crippen LogP contribution in [-0.4, -0.2) is 46.4 Å². The second-order valence-corrected chi connectivity index (χ2v) is 6.28. The maximum atomic E-state index is 12.3. The maximum absolute atomic E-state index is 12.3. The topological polar surface area (TPSA) is 45.2 Å². The van der Waals surface area contributed by atoms with Crippen molar-refractivity contribution in [2.75, 3.05) is 25.4 Å². The molecule has 0 aromatic carbocycles. The lowest BCUT2D eigenvalue weighted by Gasteiger charge is -2.24. The Morgan fingerprint density at radius 1 is 1.45 bits per heavy atom. The Balaban J connectivity index is 1.79. The van der Waals surface area contributed by atoms with Gasteiger partial charge in [0.05, 0.1) is 18.0 Å². The Bertz CT molecular complexity index is 407. The number of pyridine rings is 1. The summed E-state index contributed by atoms with van der Waals surface area (Å²) in [6.07, 6.45) is 4.12. The normalized spacial score (nSPS) is 16.1. The molecule has 1 N–H and O–H groups in total. The summed E-state index contributed by atoms with van der Waals surface area (Å²) in [5, 5.41) is 3.99. The third kappa shape index (κ3) is 4.80. The lowest BCUT2D eigenvalue weighted by Crippen LogP contribution is -2.34. The summed E-state index contributed by atoms with van der Waals surface area (Å²) in [5.41, 5.74) is 0.953. The maximum Gasteiger partial charge on any atom is 0.232 e. The van der Waals surface area contributed by atoms with Crippen molar-refractivity contribution in [1.82, 2.24) is 15.2 Å². The molecule has 1 aromatic heterocycles. The molecule has 0 bridgehead atoms. The fraction of sp³-hybridized carbons (Fsp3) is 0.600. The number of thioether (sulfide) groups is 1. The van der Waals surface area contributed by atoms with Crippen molar-refractivity contribution in [3.8, 4) is 0 Å². The Labute approximate surface area is 125 Å². The van der Waals surface area contributed by atoms with Crippen LogP contribution in [0.15, 0.2) is 24.4 Å². The van der Waals surface area contributed by atoms with Gasteiger partial charge < -0.3 is 10.2 Å². The van der Waals surface area contributed by atoms with E-state index in [9.17, 15) is 4.79 Å². The second-order valence-electron chi connectivity index (χ2n) is 4.99. The summed E-state index contributed by atoms with van der Waals surface area (Å²) in [6, 6.07) is 5.83. The molecule has 1 amide bonds. The highest BCUT2D eigenvalue weighted by Crippen LogP contribution is 2.20. The van der Waals surface area contributed by atoms with E-state index in [0.717, 1.165) is 25.3 Å². The molecule has 2 heterocycles. The van der Waals surface area contributed by atoms with Gasteiger partial charge in [-0.05, 0) is 45.0 Å². The minimum absolute atomic E-state index is 0.224. The summed E-state index contributed by atoms with van der Waals surface area (Å²) < 4.78 is 0. The molecule has 0 spiro atoms. The van der Waals surface area contributed by atoms with Gasteiger partial charge in [-0.25, -0.2) is 0 Å². The predicted molar refractivity (Wildman–Crippen MR) is 83.7 cm³/mol. The molecule has 1 aliphatic rings. The lowest BCUT2D eigenvalue weighted by atomic mass is 10.2. The molecular formula is C15H23N3OS. The number of nitrogens with one attached hydrogen (secondary N) is 1. The zero-order chi connectivity index (χ0) is 14.2. The van der Waals surface area contributed by atoms with Crippen LogP contribution < -0.4 is 5.32 Å². The number of hydrogen-bond donors (Lipinski definition) is 1. The molecule has 20 heavy (non-hydrogen) atoms. The lowest BCUT2D eigenvalue weighted by molar-refractivity contribution is -0.128. The number of nitrogens with zero attached hydrogens (tertiary/aromatic N) is 2. The van der Waals surface area contributed by atoms with Crippen LogP contribution in [0.2, 0.25) is 0 Å². The van der Waals surface area contributed by atoms with E-state index in [1.807, 2.05) is 41.8 Å². The number of carbonyl (C=O) groups excluding carboxylic acids is 1. The molecule has 2 rings (SSSR count). The molecule has 1 saturated heterocycles. The van der Waals surface area contributed by atoms with Crippen LogP contribution in [0, 0.1) is 0 Å². The van der Waals surface area contributed by atoms with Crippen LogP contribution in [0.25, 0.3) is 0 Å². The van der Waals surface area contributed by atoms with Crippen LogP contribution in [0.3, 0.4) is 0 Å². The van der Waals surface area contributed by atoms with Crippen LogP contribution in [0.5, 0.6) is 0 Å². The van der Waals surface area contributed by atoms with Crippen molar-refractivity contribution in [1.29, 1.82) is 0 Å². The first kappa shape index (κ1) is 15.3. The monoisotopic (exact) mass is 293 g/mol. The van der Waals surface area contributed by atoms with Gasteiger partial charge in [-0.3, -0.25) is 9.78 Å². The predicted octanol–water partition coefficient (Wildman–Crippen LogP) is 1.92. The molecule has 0 atom stereocenters. The zero-order valence-corrected chi connectivity index (χ0v) is 12.9. The SMILES string of the molecule is CCN(Cc1ccccn1)C(=O)CSC1CCNCC1. The number of piperidine rings is 1. The minimum atomic E-state index is 0.224. The van der Waals surface area contributed by atoms with Gasteiger partial charge in [0.1, 0.15) is 0 Å². The standard InChI is InChI=1S/C15H23N3OS/c1-2-18(11-13-5-3-4-8-17-13)15(19)12-20-14-6-9-16-10-7-14/h3-5,8,14,16H,2,6-7,9-12H2,1H3. The van der Waals surface area contributed by atoms with Crippen molar-refractivity contribution in [2.45, 2.75) is 31.6 Å². The van der Waals surface area contributed by atoms with Gasteiger partial charge in [0.2, 0.25) is 5.91 Å². The van der Waals surface area contributed by atoms with Crippen LogP contribution >= 0.6 is 11.8 Å². The molecule has 1 aliphatic heterocycles.